The first-order chi connectivity index (χ1) is 22.6. The number of piperidine rings is 1. The van der Waals surface area contributed by atoms with Gasteiger partial charge in [-0.3, -0.25) is 4.90 Å². The molecule has 3 fully saturated rings. The summed E-state index contributed by atoms with van der Waals surface area (Å²) in [5.74, 6) is -3.06. The Labute approximate surface area is 274 Å². The second kappa shape index (κ2) is 12.9. The highest BCUT2D eigenvalue weighted by Crippen LogP contribution is 2.42. The highest BCUT2D eigenvalue weighted by molar-refractivity contribution is 7.89. The molecule has 2 saturated heterocycles. The molecule has 4 aromatic carbocycles. The summed E-state index contributed by atoms with van der Waals surface area (Å²) in [5.41, 5.74) is 7.16. The summed E-state index contributed by atoms with van der Waals surface area (Å²) in [4.78, 5) is 1.50. The Morgan fingerprint density at radius 1 is 0.830 bits per heavy atom. The molecule has 2 bridgehead atoms. The van der Waals surface area contributed by atoms with Crippen LogP contribution in [0.5, 0.6) is 5.75 Å². The second-order valence-electron chi connectivity index (χ2n) is 13.3. The maximum absolute atomic E-state index is 16.8. The number of hydrogen-bond acceptors (Lipinski definition) is 6. The Morgan fingerprint density at radius 2 is 1.49 bits per heavy atom. The predicted octanol–water partition coefficient (Wildman–Crippen LogP) is 6.54. The Hall–Kier alpha value is -3.41. The van der Waals surface area contributed by atoms with Crippen LogP contribution < -0.4 is 15.2 Å². The van der Waals surface area contributed by atoms with E-state index in [1.165, 1.54) is 30.3 Å². The van der Waals surface area contributed by atoms with Gasteiger partial charge in [-0.2, -0.15) is 13.5 Å². The molecule has 0 amide bonds. The van der Waals surface area contributed by atoms with E-state index in [0.717, 1.165) is 42.4 Å². The third kappa shape index (κ3) is 6.54. The fourth-order valence-electron chi connectivity index (χ4n) is 7.77. The first-order valence-corrected chi connectivity index (χ1v) is 18.0. The summed E-state index contributed by atoms with van der Waals surface area (Å²) < 4.78 is 70.0. The minimum absolute atomic E-state index is 0.0872. The zero-order valence-corrected chi connectivity index (χ0v) is 27.0. The number of hydrogen-bond donors (Lipinski definition) is 3. The van der Waals surface area contributed by atoms with Crippen molar-refractivity contribution in [2.45, 2.75) is 98.7 Å². The molecule has 1 aliphatic carbocycles. The Morgan fingerprint density at radius 3 is 2.21 bits per heavy atom. The summed E-state index contributed by atoms with van der Waals surface area (Å²) in [6.07, 6.45) is 5.24. The smallest absolute Gasteiger partial charge is 0.293 e. The number of nitrogens with one attached hydrogen (secondary N) is 1. The Bertz CT molecular complexity index is 1820. The van der Waals surface area contributed by atoms with E-state index in [1.54, 1.807) is 23.1 Å². The lowest BCUT2D eigenvalue weighted by atomic mass is 9.93. The monoisotopic (exact) mass is 661 g/mol. The molecule has 0 spiro atoms. The number of nitrogens with two attached hydrogens (primary N) is 1. The van der Waals surface area contributed by atoms with Crippen molar-refractivity contribution in [3.8, 4) is 16.9 Å². The molecule has 0 aromatic heterocycles. The molecule has 1 saturated carbocycles. The maximum atomic E-state index is 16.8. The van der Waals surface area contributed by atoms with E-state index < -0.39 is 28.2 Å². The van der Waals surface area contributed by atoms with E-state index >= 15 is 8.78 Å². The Kier molecular flexibility index (Phi) is 8.82. The van der Waals surface area contributed by atoms with E-state index in [1.807, 2.05) is 42.5 Å². The number of rotatable bonds is 10. The van der Waals surface area contributed by atoms with Crippen molar-refractivity contribution in [1.29, 1.82) is 0 Å². The summed E-state index contributed by atoms with van der Waals surface area (Å²) in [6.45, 7) is 0. The van der Waals surface area contributed by atoms with Crippen LogP contribution in [0.15, 0.2) is 95.9 Å². The van der Waals surface area contributed by atoms with Gasteiger partial charge in [-0.25, -0.2) is 8.42 Å². The quantitative estimate of drug-likeness (QED) is 0.178. The van der Waals surface area contributed by atoms with Gasteiger partial charge >= 0.3 is 0 Å². The van der Waals surface area contributed by atoms with Crippen LogP contribution in [-0.4, -0.2) is 54.9 Å². The van der Waals surface area contributed by atoms with Gasteiger partial charge < -0.3 is 15.6 Å². The zero-order valence-electron chi connectivity index (χ0n) is 26.1. The zero-order chi connectivity index (χ0) is 32.8. The molecule has 7 rings (SSSR count). The Balaban J connectivity index is 1.22. The van der Waals surface area contributed by atoms with Gasteiger partial charge in [0.2, 0.25) is 10.0 Å². The van der Waals surface area contributed by atoms with Gasteiger partial charge in [-0.05, 0) is 104 Å². The largest absolute Gasteiger partial charge is 0.490 e. The lowest BCUT2D eigenvalue weighted by molar-refractivity contribution is -0.142. The number of ether oxygens (including phenoxy) is 1. The number of nitrogens with zero attached hydrogens (tertiary/aromatic N) is 1. The average Bonchev–Trinajstić information content (AvgIpc) is 3.68. The number of benzene rings is 4. The fourth-order valence-corrected chi connectivity index (χ4v) is 9.04. The van der Waals surface area contributed by atoms with E-state index in [4.69, 9.17) is 10.5 Å². The van der Waals surface area contributed by atoms with Crippen molar-refractivity contribution >= 4 is 20.8 Å². The molecule has 4 aromatic rings. The van der Waals surface area contributed by atoms with Gasteiger partial charge in [0.15, 0.2) is 0 Å². The van der Waals surface area contributed by atoms with Crippen molar-refractivity contribution in [3.63, 3.8) is 0 Å². The van der Waals surface area contributed by atoms with Crippen molar-refractivity contribution < 1.29 is 27.0 Å². The van der Waals surface area contributed by atoms with Crippen molar-refractivity contribution in [2.75, 3.05) is 0 Å². The van der Waals surface area contributed by atoms with Crippen LogP contribution in [-0.2, 0) is 15.9 Å². The van der Waals surface area contributed by atoms with E-state index in [0.29, 0.717) is 36.6 Å². The fraction of sp³-hybridized carbons (Fsp3) is 0.405. The molecule has 0 radical (unpaired) electrons. The molecule has 2 heterocycles. The number of halogens is 2. The molecule has 10 heteroatoms. The third-order valence-corrected chi connectivity index (χ3v) is 11.6. The van der Waals surface area contributed by atoms with Gasteiger partial charge in [0.25, 0.3) is 5.92 Å². The molecule has 248 valence electrons. The normalized spacial score (nSPS) is 23.6. The van der Waals surface area contributed by atoms with E-state index in [-0.39, 0.29) is 34.7 Å². The topological polar surface area (TPSA) is 105 Å². The summed E-state index contributed by atoms with van der Waals surface area (Å²) in [6, 6.07) is 22.4. The standard InChI is InChI=1S/C37H41F2N3O4S/c38-37(39,28-10-6-9-25(19-28)24-7-2-1-3-8-24)35(36(43)42-30-15-16-31(42)23-29(40)22-30)41-47(44,45)34-18-14-26-20-33(17-13-27(26)21-34)46-32-11-4-5-12-32/h1-3,6-10,13-14,17-21,29-32,35-36,41,43H,4-5,11-12,15-16,22-23,40H2. The molecule has 4 unspecified atom stereocenters. The molecule has 3 aliphatic rings. The summed E-state index contributed by atoms with van der Waals surface area (Å²) >= 11 is 0. The average molecular weight is 662 g/mol. The van der Waals surface area contributed by atoms with Crippen LogP contribution in [0.4, 0.5) is 8.78 Å². The van der Waals surface area contributed by atoms with Crippen LogP contribution in [0.25, 0.3) is 21.9 Å². The highest BCUT2D eigenvalue weighted by Gasteiger charge is 2.53. The molecule has 7 nitrogen and oxygen atoms in total. The van der Waals surface area contributed by atoms with Gasteiger partial charge in [-0.15, -0.1) is 0 Å². The summed E-state index contributed by atoms with van der Waals surface area (Å²) in [5, 5.41) is 13.2. The minimum atomic E-state index is -4.51. The van der Waals surface area contributed by atoms with E-state index in [9.17, 15) is 13.5 Å². The third-order valence-electron chi connectivity index (χ3n) is 10.2. The van der Waals surface area contributed by atoms with Crippen LogP contribution in [0.1, 0.15) is 56.9 Å². The lowest BCUT2D eigenvalue weighted by Crippen LogP contribution is -2.63. The van der Waals surface area contributed by atoms with Crippen LogP contribution >= 0.6 is 0 Å². The predicted molar refractivity (Wildman–Crippen MR) is 179 cm³/mol. The first kappa shape index (κ1) is 32.2. The van der Waals surface area contributed by atoms with Crippen LogP contribution in [0.2, 0.25) is 0 Å². The minimum Gasteiger partial charge on any atom is -0.490 e. The van der Waals surface area contributed by atoms with Crippen LogP contribution in [0, 0.1) is 0 Å². The first-order valence-electron chi connectivity index (χ1n) is 16.6. The molecule has 4 atom stereocenters. The molecular formula is C37H41F2N3O4S. The number of sulfonamides is 1. The molecule has 2 aliphatic heterocycles. The summed E-state index contributed by atoms with van der Waals surface area (Å²) in [7, 11) is -4.51. The highest BCUT2D eigenvalue weighted by atomic mass is 32.2. The molecule has 4 N–H and O–H groups in total. The van der Waals surface area contributed by atoms with Crippen molar-refractivity contribution in [1.82, 2.24) is 9.62 Å². The van der Waals surface area contributed by atoms with Gasteiger partial charge in [0.05, 0.1) is 11.0 Å². The van der Waals surface area contributed by atoms with Crippen molar-refractivity contribution in [2.24, 2.45) is 5.73 Å². The molecule has 47 heavy (non-hydrogen) atoms. The number of aliphatic hydroxyl groups excluding tert-OH is 1. The van der Waals surface area contributed by atoms with E-state index in [2.05, 4.69) is 4.72 Å². The maximum Gasteiger partial charge on any atom is 0.293 e. The van der Waals surface area contributed by atoms with Gasteiger partial charge in [-0.1, -0.05) is 60.7 Å². The van der Waals surface area contributed by atoms with Gasteiger partial charge in [0.1, 0.15) is 18.0 Å². The van der Waals surface area contributed by atoms with Crippen LogP contribution in [0.3, 0.4) is 0 Å². The van der Waals surface area contributed by atoms with Gasteiger partial charge in [0, 0.05) is 23.7 Å². The number of fused-ring (bicyclic) bond motifs is 3. The second-order valence-corrected chi connectivity index (χ2v) is 15.1. The molecular weight excluding hydrogens is 620 g/mol. The number of aliphatic hydroxyl groups is 1. The lowest BCUT2D eigenvalue weighted by Gasteiger charge is -2.44. The number of alkyl halides is 2. The van der Waals surface area contributed by atoms with Crippen molar-refractivity contribution in [3.05, 3.63) is 96.6 Å². The SMILES string of the molecule is NC1CC2CCC(C1)N2C(O)C(NS(=O)(=O)c1ccc2cc(OC3CCCC3)ccc2c1)C(F)(F)c1cccc(-c2ccccc2)c1.